The molecule has 2 amide bonds. The van der Waals surface area contributed by atoms with Crippen LogP contribution in [0, 0.1) is 5.92 Å². The van der Waals surface area contributed by atoms with Crippen molar-refractivity contribution >= 4 is 11.8 Å². The summed E-state index contributed by atoms with van der Waals surface area (Å²) < 4.78 is 11.4. The molecule has 6 heteroatoms. The summed E-state index contributed by atoms with van der Waals surface area (Å²) in [6, 6.07) is 7.61. The van der Waals surface area contributed by atoms with Gasteiger partial charge in [0, 0.05) is 38.5 Å². The van der Waals surface area contributed by atoms with E-state index in [1.54, 1.807) is 0 Å². The molecule has 1 aromatic carbocycles. The van der Waals surface area contributed by atoms with E-state index in [-0.39, 0.29) is 11.8 Å². The van der Waals surface area contributed by atoms with Crippen molar-refractivity contribution in [3.63, 3.8) is 0 Å². The van der Waals surface area contributed by atoms with Gasteiger partial charge in [-0.3, -0.25) is 9.59 Å². The van der Waals surface area contributed by atoms with Gasteiger partial charge in [0.1, 0.15) is 0 Å². The van der Waals surface area contributed by atoms with Crippen molar-refractivity contribution in [2.24, 2.45) is 5.92 Å². The van der Waals surface area contributed by atoms with Gasteiger partial charge in [0.05, 0.1) is 13.2 Å². The molecule has 0 spiro atoms. The Morgan fingerprint density at radius 2 is 1.53 bits per heavy atom. The SMILES string of the molecule is CCOc1ccccc1OCCCC(=O)N1CCC(C(=O)N2CCCCCC2)CC1. The predicted octanol–water partition coefficient (Wildman–Crippen LogP) is 3.89. The minimum Gasteiger partial charge on any atom is -0.490 e. The van der Waals surface area contributed by atoms with Crippen LogP contribution >= 0.6 is 0 Å². The Labute approximate surface area is 180 Å². The van der Waals surface area contributed by atoms with Gasteiger partial charge in [-0.25, -0.2) is 0 Å². The molecule has 30 heavy (non-hydrogen) atoms. The number of hydrogen-bond donors (Lipinski definition) is 0. The Balaban J connectivity index is 1.36. The zero-order chi connectivity index (χ0) is 21.2. The van der Waals surface area contributed by atoms with Gasteiger partial charge in [0.2, 0.25) is 11.8 Å². The number of carbonyl (C=O) groups is 2. The lowest BCUT2D eigenvalue weighted by atomic mass is 9.95. The van der Waals surface area contributed by atoms with Gasteiger partial charge in [0.15, 0.2) is 11.5 Å². The van der Waals surface area contributed by atoms with E-state index >= 15 is 0 Å². The highest BCUT2D eigenvalue weighted by Crippen LogP contribution is 2.27. The second kappa shape index (κ2) is 11.8. The Kier molecular flexibility index (Phi) is 8.84. The highest BCUT2D eigenvalue weighted by molar-refractivity contribution is 5.80. The molecule has 2 aliphatic heterocycles. The molecule has 0 radical (unpaired) electrons. The van der Waals surface area contributed by atoms with E-state index in [0.29, 0.717) is 45.1 Å². The van der Waals surface area contributed by atoms with Crippen molar-refractivity contribution in [3.05, 3.63) is 24.3 Å². The molecule has 2 saturated heterocycles. The van der Waals surface area contributed by atoms with Crippen LogP contribution in [0.1, 0.15) is 58.3 Å². The molecule has 3 rings (SSSR count). The number of benzene rings is 1. The van der Waals surface area contributed by atoms with Crippen LogP contribution < -0.4 is 9.47 Å². The second-order valence-corrected chi connectivity index (χ2v) is 8.23. The highest BCUT2D eigenvalue weighted by Gasteiger charge is 2.30. The minimum absolute atomic E-state index is 0.0885. The maximum absolute atomic E-state index is 12.8. The van der Waals surface area contributed by atoms with Crippen LogP contribution in [0.15, 0.2) is 24.3 Å². The quantitative estimate of drug-likeness (QED) is 0.604. The van der Waals surface area contributed by atoms with E-state index in [2.05, 4.69) is 4.90 Å². The predicted molar refractivity (Wildman–Crippen MR) is 117 cm³/mol. The van der Waals surface area contributed by atoms with Crippen LogP contribution in [0.2, 0.25) is 0 Å². The number of amides is 2. The fraction of sp³-hybridized carbons (Fsp3) is 0.667. The van der Waals surface area contributed by atoms with Gasteiger partial charge in [-0.05, 0) is 51.2 Å². The summed E-state index contributed by atoms with van der Waals surface area (Å²) in [5.74, 6) is 2.02. The van der Waals surface area contributed by atoms with Gasteiger partial charge >= 0.3 is 0 Å². The van der Waals surface area contributed by atoms with Gasteiger partial charge in [-0.15, -0.1) is 0 Å². The molecular weight excluding hydrogens is 380 g/mol. The van der Waals surface area contributed by atoms with Crippen LogP contribution in [-0.4, -0.2) is 61.0 Å². The standard InChI is InChI=1S/C24H36N2O4/c1-2-29-21-10-5-6-11-22(21)30-19-9-12-23(27)25-17-13-20(14-18-25)24(28)26-15-7-3-4-8-16-26/h5-6,10-11,20H,2-4,7-9,12-19H2,1H3. The molecule has 0 saturated carbocycles. The first-order valence-electron chi connectivity index (χ1n) is 11.6. The van der Waals surface area contributed by atoms with Crippen molar-refractivity contribution in [1.82, 2.24) is 9.80 Å². The van der Waals surface area contributed by atoms with Crippen LogP contribution in [-0.2, 0) is 9.59 Å². The van der Waals surface area contributed by atoms with Gasteiger partial charge < -0.3 is 19.3 Å². The van der Waals surface area contributed by atoms with Crippen LogP contribution in [0.4, 0.5) is 0 Å². The monoisotopic (exact) mass is 416 g/mol. The summed E-state index contributed by atoms with van der Waals surface area (Å²) in [7, 11) is 0. The molecule has 0 bridgehead atoms. The number of hydrogen-bond acceptors (Lipinski definition) is 4. The van der Waals surface area contributed by atoms with E-state index in [4.69, 9.17) is 9.47 Å². The number of ether oxygens (including phenoxy) is 2. The van der Waals surface area contributed by atoms with Crippen molar-refractivity contribution in [2.75, 3.05) is 39.4 Å². The Bertz CT molecular complexity index is 678. The number of para-hydroxylation sites is 2. The van der Waals surface area contributed by atoms with E-state index in [9.17, 15) is 9.59 Å². The van der Waals surface area contributed by atoms with Crippen molar-refractivity contribution < 1.29 is 19.1 Å². The molecule has 0 unspecified atom stereocenters. The Hall–Kier alpha value is -2.24. The Morgan fingerprint density at radius 1 is 0.900 bits per heavy atom. The molecular formula is C24H36N2O4. The van der Waals surface area contributed by atoms with Crippen LogP contribution in [0.25, 0.3) is 0 Å². The topological polar surface area (TPSA) is 59.1 Å². The third kappa shape index (κ3) is 6.38. The molecule has 2 heterocycles. The zero-order valence-corrected chi connectivity index (χ0v) is 18.3. The number of piperidine rings is 1. The van der Waals surface area contributed by atoms with E-state index < -0.39 is 0 Å². The lowest BCUT2D eigenvalue weighted by Crippen LogP contribution is -2.44. The molecule has 1 aromatic rings. The van der Waals surface area contributed by atoms with E-state index in [0.717, 1.165) is 50.3 Å². The molecule has 6 nitrogen and oxygen atoms in total. The summed E-state index contributed by atoms with van der Waals surface area (Å²) in [6.07, 6.45) is 7.45. The molecule has 2 fully saturated rings. The molecule has 2 aliphatic rings. The van der Waals surface area contributed by atoms with Gasteiger partial charge in [0.25, 0.3) is 0 Å². The smallest absolute Gasteiger partial charge is 0.225 e. The maximum Gasteiger partial charge on any atom is 0.225 e. The fourth-order valence-electron chi connectivity index (χ4n) is 4.33. The largest absolute Gasteiger partial charge is 0.490 e. The summed E-state index contributed by atoms with van der Waals surface area (Å²) in [4.78, 5) is 29.3. The van der Waals surface area contributed by atoms with Gasteiger partial charge in [-0.1, -0.05) is 25.0 Å². The zero-order valence-electron chi connectivity index (χ0n) is 18.3. The fourth-order valence-corrected chi connectivity index (χ4v) is 4.33. The summed E-state index contributed by atoms with van der Waals surface area (Å²) >= 11 is 0. The third-order valence-electron chi connectivity index (χ3n) is 6.06. The van der Waals surface area contributed by atoms with E-state index in [1.165, 1.54) is 12.8 Å². The number of carbonyl (C=O) groups excluding carboxylic acids is 2. The van der Waals surface area contributed by atoms with Crippen LogP contribution in [0.5, 0.6) is 11.5 Å². The molecule has 0 aromatic heterocycles. The normalized spacial score (nSPS) is 18.0. The number of nitrogens with zero attached hydrogens (tertiary/aromatic N) is 2. The lowest BCUT2D eigenvalue weighted by Gasteiger charge is -2.34. The van der Waals surface area contributed by atoms with Gasteiger partial charge in [-0.2, -0.15) is 0 Å². The maximum atomic E-state index is 12.8. The summed E-state index contributed by atoms with van der Waals surface area (Å²) in [5, 5.41) is 0. The third-order valence-corrected chi connectivity index (χ3v) is 6.06. The molecule has 0 aliphatic carbocycles. The first-order chi connectivity index (χ1) is 14.7. The van der Waals surface area contributed by atoms with Crippen molar-refractivity contribution in [2.45, 2.75) is 58.3 Å². The summed E-state index contributed by atoms with van der Waals surface area (Å²) in [5.41, 5.74) is 0. The lowest BCUT2D eigenvalue weighted by molar-refractivity contribution is -0.140. The molecule has 166 valence electrons. The van der Waals surface area contributed by atoms with Crippen molar-refractivity contribution in [1.29, 1.82) is 0 Å². The first-order valence-corrected chi connectivity index (χ1v) is 11.6. The minimum atomic E-state index is 0.0885. The summed E-state index contributed by atoms with van der Waals surface area (Å²) in [6.45, 7) is 6.22. The second-order valence-electron chi connectivity index (χ2n) is 8.23. The highest BCUT2D eigenvalue weighted by atomic mass is 16.5. The number of likely N-dealkylation sites (tertiary alicyclic amines) is 2. The molecule has 0 atom stereocenters. The Morgan fingerprint density at radius 3 is 2.17 bits per heavy atom. The first kappa shape index (κ1) is 22.4. The number of rotatable bonds is 8. The van der Waals surface area contributed by atoms with Crippen molar-refractivity contribution in [3.8, 4) is 11.5 Å². The molecule has 0 N–H and O–H groups in total. The average molecular weight is 417 g/mol. The van der Waals surface area contributed by atoms with Crippen LogP contribution in [0.3, 0.4) is 0 Å². The average Bonchev–Trinajstić information content (AvgIpc) is 3.07. The van der Waals surface area contributed by atoms with E-state index in [1.807, 2.05) is 36.1 Å².